The molecule has 2 aliphatic rings. The van der Waals surface area contributed by atoms with Gasteiger partial charge in [0, 0.05) is 41.8 Å². The van der Waals surface area contributed by atoms with Crippen molar-refractivity contribution in [3.8, 4) is 0 Å². The molecule has 2 aliphatic heterocycles. The van der Waals surface area contributed by atoms with Crippen molar-refractivity contribution in [2.45, 2.75) is 36.4 Å². The van der Waals surface area contributed by atoms with Crippen LogP contribution in [0, 0.1) is 0 Å². The Labute approximate surface area is 194 Å². The molecular weight excluding hydrogens is 414 g/mol. The molecule has 2 amide bonds. The normalized spacial score (nSPS) is 19.5. The SMILES string of the molecule is CSc1cccc(CN2CCC(N3C(=O)Nc4ccccc4C3c3ccccc3)CC2)c1. The van der Waals surface area contributed by atoms with E-state index in [4.69, 9.17) is 0 Å². The molecule has 1 N–H and O–H groups in total. The quantitative estimate of drug-likeness (QED) is 0.491. The van der Waals surface area contributed by atoms with Crippen LogP contribution in [0.25, 0.3) is 0 Å². The minimum Gasteiger partial charge on any atom is -0.310 e. The minimum atomic E-state index is -0.0454. The van der Waals surface area contributed by atoms with Gasteiger partial charge in [0.25, 0.3) is 0 Å². The molecule has 32 heavy (non-hydrogen) atoms. The number of hydrogen-bond donors (Lipinski definition) is 1. The molecule has 1 fully saturated rings. The topological polar surface area (TPSA) is 35.6 Å². The van der Waals surface area contributed by atoms with E-state index in [1.54, 1.807) is 11.8 Å². The number of carbonyl (C=O) groups excluding carboxylic acids is 1. The predicted molar refractivity (Wildman–Crippen MR) is 132 cm³/mol. The Morgan fingerprint density at radius 1 is 0.938 bits per heavy atom. The zero-order chi connectivity index (χ0) is 21.9. The summed E-state index contributed by atoms with van der Waals surface area (Å²) in [6, 6.07) is 27.7. The van der Waals surface area contributed by atoms with Gasteiger partial charge in [0.05, 0.1) is 6.04 Å². The molecule has 5 heteroatoms. The average molecular weight is 444 g/mol. The molecule has 164 valence electrons. The van der Waals surface area contributed by atoms with Gasteiger partial charge in [-0.05, 0) is 48.4 Å². The summed E-state index contributed by atoms with van der Waals surface area (Å²) in [7, 11) is 0. The summed E-state index contributed by atoms with van der Waals surface area (Å²) >= 11 is 1.79. The van der Waals surface area contributed by atoms with Crippen LogP contribution in [-0.4, -0.2) is 41.2 Å². The van der Waals surface area contributed by atoms with E-state index in [-0.39, 0.29) is 18.1 Å². The molecule has 0 aromatic heterocycles. The van der Waals surface area contributed by atoms with Crippen LogP contribution in [0.15, 0.2) is 83.8 Å². The summed E-state index contributed by atoms with van der Waals surface area (Å²) < 4.78 is 0. The summed E-state index contributed by atoms with van der Waals surface area (Å²) in [5.41, 5.74) is 4.64. The van der Waals surface area contributed by atoms with E-state index in [0.717, 1.165) is 38.2 Å². The number of likely N-dealkylation sites (tertiary alicyclic amines) is 1. The lowest BCUT2D eigenvalue weighted by Gasteiger charge is -2.45. The lowest BCUT2D eigenvalue weighted by atomic mass is 9.90. The third-order valence-corrected chi connectivity index (χ3v) is 7.34. The van der Waals surface area contributed by atoms with E-state index in [9.17, 15) is 4.79 Å². The fraction of sp³-hybridized carbons (Fsp3) is 0.296. The van der Waals surface area contributed by atoms with E-state index in [1.807, 2.05) is 18.2 Å². The van der Waals surface area contributed by atoms with Gasteiger partial charge in [0.1, 0.15) is 0 Å². The smallest absolute Gasteiger partial charge is 0.310 e. The molecule has 4 nitrogen and oxygen atoms in total. The molecule has 0 aliphatic carbocycles. The van der Waals surface area contributed by atoms with Gasteiger partial charge in [-0.3, -0.25) is 4.90 Å². The summed E-state index contributed by atoms with van der Waals surface area (Å²) in [5, 5.41) is 3.14. The Bertz CT molecular complexity index is 1080. The maximum absolute atomic E-state index is 13.3. The second-order valence-corrected chi connectivity index (χ2v) is 9.48. The zero-order valence-corrected chi connectivity index (χ0v) is 19.2. The Morgan fingerprint density at radius 2 is 1.69 bits per heavy atom. The van der Waals surface area contributed by atoms with Gasteiger partial charge in [0.2, 0.25) is 0 Å². The van der Waals surface area contributed by atoms with Crippen molar-refractivity contribution < 1.29 is 4.79 Å². The Kier molecular flexibility index (Phi) is 6.19. The number of thioether (sulfide) groups is 1. The Hall–Kier alpha value is -2.76. The second-order valence-electron chi connectivity index (χ2n) is 8.60. The number of nitrogens with one attached hydrogen (secondary N) is 1. The highest BCUT2D eigenvalue weighted by atomic mass is 32.2. The van der Waals surface area contributed by atoms with Crippen molar-refractivity contribution in [3.05, 3.63) is 95.6 Å². The number of nitrogens with zero attached hydrogens (tertiary/aromatic N) is 2. The third kappa shape index (κ3) is 4.27. The van der Waals surface area contributed by atoms with E-state index in [2.05, 4.69) is 82.0 Å². The third-order valence-electron chi connectivity index (χ3n) is 6.62. The van der Waals surface area contributed by atoms with Crippen molar-refractivity contribution in [2.75, 3.05) is 24.7 Å². The van der Waals surface area contributed by atoms with Gasteiger partial charge in [-0.1, -0.05) is 60.7 Å². The monoisotopic (exact) mass is 443 g/mol. The van der Waals surface area contributed by atoms with Gasteiger partial charge >= 0.3 is 6.03 Å². The second kappa shape index (κ2) is 9.39. The summed E-state index contributed by atoms with van der Waals surface area (Å²) in [5.74, 6) is 0. The van der Waals surface area contributed by atoms with E-state index in [1.165, 1.54) is 21.6 Å². The molecule has 0 saturated carbocycles. The molecule has 3 aromatic carbocycles. The van der Waals surface area contributed by atoms with E-state index in [0.29, 0.717) is 0 Å². The maximum atomic E-state index is 13.3. The molecule has 2 heterocycles. The highest BCUT2D eigenvalue weighted by Gasteiger charge is 2.38. The largest absolute Gasteiger partial charge is 0.322 e. The van der Waals surface area contributed by atoms with E-state index >= 15 is 0 Å². The molecule has 0 bridgehead atoms. The number of rotatable bonds is 5. The summed E-state index contributed by atoms with van der Waals surface area (Å²) in [6.07, 6.45) is 4.10. The molecule has 3 aromatic rings. The first-order chi connectivity index (χ1) is 15.7. The Morgan fingerprint density at radius 3 is 2.47 bits per heavy atom. The minimum absolute atomic E-state index is 0.0173. The lowest BCUT2D eigenvalue weighted by molar-refractivity contribution is 0.106. The van der Waals surface area contributed by atoms with Crippen molar-refractivity contribution in [1.29, 1.82) is 0 Å². The standard InChI is InChI=1S/C27H29N3OS/c1-32-23-11-7-8-20(18-23)19-29-16-14-22(15-17-29)30-26(21-9-3-2-4-10-21)24-12-5-6-13-25(24)28-27(30)31/h2-13,18,22,26H,14-17,19H2,1H3,(H,28,31). The highest BCUT2D eigenvalue weighted by Crippen LogP contribution is 2.40. The summed E-state index contributed by atoms with van der Waals surface area (Å²) in [4.78, 5) is 19.2. The first-order valence-electron chi connectivity index (χ1n) is 11.3. The van der Waals surface area contributed by atoms with Gasteiger partial charge in [-0.25, -0.2) is 4.79 Å². The molecular formula is C27H29N3OS. The number of anilines is 1. The predicted octanol–water partition coefficient (Wildman–Crippen LogP) is 6.01. The summed E-state index contributed by atoms with van der Waals surface area (Å²) in [6.45, 7) is 2.97. The van der Waals surface area contributed by atoms with Crippen molar-refractivity contribution >= 4 is 23.5 Å². The first-order valence-corrected chi connectivity index (χ1v) is 12.5. The number of piperidine rings is 1. The Balaban J connectivity index is 1.35. The van der Waals surface area contributed by atoms with Crippen LogP contribution in [0.3, 0.4) is 0 Å². The number of amides is 2. The molecule has 0 radical (unpaired) electrons. The molecule has 1 unspecified atom stereocenters. The molecule has 1 atom stereocenters. The maximum Gasteiger partial charge on any atom is 0.322 e. The van der Waals surface area contributed by atoms with E-state index < -0.39 is 0 Å². The number of para-hydroxylation sites is 1. The van der Waals surface area contributed by atoms with Crippen LogP contribution in [0.1, 0.15) is 35.6 Å². The van der Waals surface area contributed by atoms with Gasteiger partial charge in [-0.15, -0.1) is 11.8 Å². The number of urea groups is 1. The van der Waals surface area contributed by atoms with Crippen LogP contribution in [0.4, 0.5) is 10.5 Å². The van der Waals surface area contributed by atoms with Gasteiger partial charge < -0.3 is 10.2 Å². The average Bonchev–Trinajstić information content (AvgIpc) is 2.84. The number of fused-ring (bicyclic) bond motifs is 1. The fourth-order valence-electron chi connectivity index (χ4n) is 5.03. The van der Waals surface area contributed by atoms with Crippen LogP contribution < -0.4 is 5.32 Å². The fourth-order valence-corrected chi connectivity index (χ4v) is 5.52. The first kappa shape index (κ1) is 21.1. The highest BCUT2D eigenvalue weighted by molar-refractivity contribution is 7.98. The number of benzene rings is 3. The van der Waals surface area contributed by atoms with Crippen LogP contribution >= 0.6 is 11.8 Å². The molecule has 5 rings (SSSR count). The van der Waals surface area contributed by atoms with Crippen molar-refractivity contribution in [3.63, 3.8) is 0 Å². The van der Waals surface area contributed by atoms with Gasteiger partial charge in [-0.2, -0.15) is 0 Å². The lowest BCUT2D eigenvalue weighted by Crippen LogP contribution is -2.52. The molecule has 0 spiro atoms. The van der Waals surface area contributed by atoms with Crippen molar-refractivity contribution in [1.82, 2.24) is 9.80 Å². The number of carbonyl (C=O) groups is 1. The zero-order valence-electron chi connectivity index (χ0n) is 18.4. The molecule has 1 saturated heterocycles. The number of hydrogen-bond acceptors (Lipinski definition) is 3. The van der Waals surface area contributed by atoms with Gasteiger partial charge in [0.15, 0.2) is 0 Å². The van der Waals surface area contributed by atoms with Crippen LogP contribution in [-0.2, 0) is 6.54 Å². The van der Waals surface area contributed by atoms with Crippen molar-refractivity contribution in [2.24, 2.45) is 0 Å². The van der Waals surface area contributed by atoms with Crippen LogP contribution in [0.2, 0.25) is 0 Å². The van der Waals surface area contributed by atoms with Crippen LogP contribution in [0.5, 0.6) is 0 Å².